The van der Waals surface area contributed by atoms with E-state index in [-0.39, 0.29) is 11.3 Å². The van der Waals surface area contributed by atoms with Crippen molar-refractivity contribution in [3.63, 3.8) is 0 Å². The molecule has 0 saturated carbocycles. The van der Waals surface area contributed by atoms with Crippen molar-refractivity contribution < 1.29 is 14.6 Å². The van der Waals surface area contributed by atoms with Gasteiger partial charge in [0.2, 0.25) is 0 Å². The Bertz CT molecular complexity index is 715. The zero-order chi connectivity index (χ0) is 16.1. The molecule has 0 aliphatic rings. The van der Waals surface area contributed by atoms with E-state index in [0.717, 1.165) is 11.3 Å². The molecule has 0 atom stereocenters. The Labute approximate surface area is 144 Å². The maximum absolute atomic E-state index is 12.0. The molecule has 2 aromatic rings. The Balaban J connectivity index is 2.07. The number of rotatable bonds is 4. The van der Waals surface area contributed by atoms with Crippen LogP contribution in [-0.4, -0.2) is 24.3 Å². The van der Waals surface area contributed by atoms with Crippen molar-refractivity contribution in [1.82, 2.24) is 5.43 Å². The van der Waals surface area contributed by atoms with Crippen LogP contribution >= 0.6 is 31.9 Å². The number of phenols is 1. The van der Waals surface area contributed by atoms with E-state index in [0.29, 0.717) is 8.95 Å². The number of ether oxygens (including phenoxy) is 1. The Morgan fingerprint density at radius 3 is 2.59 bits per heavy atom. The van der Waals surface area contributed by atoms with Gasteiger partial charge in [-0.15, -0.1) is 0 Å². The summed E-state index contributed by atoms with van der Waals surface area (Å²) in [6.07, 6.45) is 1.50. The molecule has 0 unspecified atom stereocenters. The summed E-state index contributed by atoms with van der Waals surface area (Å²) < 4.78 is 6.14. The summed E-state index contributed by atoms with van der Waals surface area (Å²) in [4.78, 5) is 12.0. The largest absolute Gasteiger partial charge is 0.506 e. The minimum atomic E-state index is -0.510. The van der Waals surface area contributed by atoms with Gasteiger partial charge in [-0.3, -0.25) is 4.79 Å². The van der Waals surface area contributed by atoms with Gasteiger partial charge in [-0.2, -0.15) is 5.10 Å². The molecule has 0 spiro atoms. The van der Waals surface area contributed by atoms with Crippen LogP contribution in [0.5, 0.6) is 11.5 Å². The fourth-order valence-corrected chi connectivity index (χ4v) is 2.88. The van der Waals surface area contributed by atoms with E-state index in [9.17, 15) is 9.90 Å². The van der Waals surface area contributed by atoms with E-state index in [4.69, 9.17) is 4.74 Å². The number of nitrogens with zero attached hydrogens (tertiary/aromatic N) is 1. The van der Waals surface area contributed by atoms with Crippen LogP contribution in [0.15, 0.2) is 50.4 Å². The standard InChI is InChI=1S/C15H12Br2N2O3/c1-22-11-4-2-9(3-5-11)8-18-19-15(21)12-6-10(16)7-13(17)14(12)20/h2-8,20H,1H3,(H,19,21)/b18-8+. The number of carbonyl (C=O) groups is 1. The third-order valence-electron chi connectivity index (χ3n) is 2.77. The van der Waals surface area contributed by atoms with Gasteiger partial charge in [0.1, 0.15) is 11.5 Å². The number of nitrogens with one attached hydrogen (secondary N) is 1. The van der Waals surface area contributed by atoms with Gasteiger partial charge < -0.3 is 9.84 Å². The molecule has 0 bridgehead atoms. The van der Waals surface area contributed by atoms with E-state index in [2.05, 4.69) is 42.4 Å². The number of methoxy groups -OCH3 is 1. The van der Waals surface area contributed by atoms with Gasteiger partial charge in [-0.05, 0) is 57.9 Å². The molecule has 22 heavy (non-hydrogen) atoms. The topological polar surface area (TPSA) is 70.9 Å². The highest BCUT2D eigenvalue weighted by Gasteiger charge is 2.14. The number of phenolic OH excluding ortho intramolecular Hbond substituents is 1. The van der Waals surface area contributed by atoms with Gasteiger partial charge in [0.05, 0.1) is 23.4 Å². The van der Waals surface area contributed by atoms with Crippen LogP contribution in [0.25, 0.3) is 0 Å². The zero-order valence-corrected chi connectivity index (χ0v) is 14.7. The lowest BCUT2D eigenvalue weighted by Crippen LogP contribution is -2.17. The smallest absolute Gasteiger partial charge is 0.275 e. The number of benzene rings is 2. The molecule has 0 heterocycles. The first-order chi connectivity index (χ1) is 10.5. The van der Waals surface area contributed by atoms with Crippen molar-refractivity contribution in [2.24, 2.45) is 5.10 Å². The molecule has 0 aliphatic carbocycles. The molecule has 2 aromatic carbocycles. The third-order valence-corrected chi connectivity index (χ3v) is 3.83. The normalized spacial score (nSPS) is 10.7. The Morgan fingerprint density at radius 2 is 1.95 bits per heavy atom. The molecule has 0 radical (unpaired) electrons. The van der Waals surface area contributed by atoms with Gasteiger partial charge in [0, 0.05) is 4.47 Å². The quantitative estimate of drug-likeness (QED) is 0.577. The minimum Gasteiger partial charge on any atom is -0.506 e. The average molecular weight is 428 g/mol. The van der Waals surface area contributed by atoms with Gasteiger partial charge in [0.15, 0.2) is 0 Å². The van der Waals surface area contributed by atoms with Crippen molar-refractivity contribution >= 4 is 44.0 Å². The van der Waals surface area contributed by atoms with Crippen LogP contribution < -0.4 is 10.2 Å². The van der Waals surface area contributed by atoms with Crippen LogP contribution in [-0.2, 0) is 0 Å². The molecule has 0 saturated heterocycles. The van der Waals surface area contributed by atoms with E-state index in [1.165, 1.54) is 12.3 Å². The monoisotopic (exact) mass is 426 g/mol. The summed E-state index contributed by atoms with van der Waals surface area (Å²) in [6.45, 7) is 0. The lowest BCUT2D eigenvalue weighted by atomic mass is 10.2. The molecule has 7 heteroatoms. The van der Waals surface area contributed by atoms with E-state index in [1.54, 1.807) is 25.3 Å². The molecule has 0 aliphatic heterocycles. The van der Waals surface area contributed by atoms with Gasteiger partial charge >= 0.3 is 0 Å². The Morgan fingerprint density at radius 1 is 1.27 bits per heavy atom. The molecule has 114 valence electrons. The second-order valence-corrected chi connectivity index (χ2v) is 6.03. The first-order valence-corrected chi connectivity index (χ1v) is 7.75. The SMILES string of the molecule is COc1ccc(/C=N/NC(=O)c2cc(Br)cc(Br)c2O)cc1. The van der Waals surface area contributed by atoms with Crippen molar-refractivity contribution in [2.75, 3.05) is 7.11 Å². The molecule has 2 N–H and O–H groups in total. The van der Waals surface area contributed by atoms with E-state index in [1.807, 2.05) is 12.1 Å². The van der Waals surface area contributed by atoms with E-state index >= 15 is 0 Å². The number of hydrogen-bond donors (Lipinski definition) is 2. The lowest BCUT2D eigenvalue weighted by Gasteiger charge is -2.05. The minimum absolute atomic E-state index is 0.119. The fraction of sp³-hybridized carbons (Fsp3) is 0.0667. The molecule has 1 amide bonds. The van der Waals surface area contributed by atoms with Crippen molar-refractivity contribution in [1.29, 1.82) is 0 Å². The van der Waals surface area contributed by atoms with Crippen LogP contribution in [0.4, 0.5) is 0 Å². The second kappa shape index (κ2) is 7.42. The van der Waals surface area contributed by atoms with Crippen LogP contribution in [0.3, 0.4) is 0 Å². The number of amides is 1. The second-order valence-electron chi connectivity index (χ2n) is 4.26. The molecule has 2 rings (SSSR count). The van der Waals surface area contributed by atoms with Crippen LogP contribution in [0.2, 0.25) is 0 Å². The lowest BCUT2D eigenvalue weighted by molar-refractivity contribution is 0.0952. The van der Waals surface area contributed by atoms with Crippen molar-refractivity contribution in [3.05, 3.63) is 56.5 Å². The van der Waals surface area contributed by atoms with Crippen molar-refractivity contribution in [2.45, 2.75) is 0 Å². The highest BCUT2D eigenvalue weighted by atomic mass is 79.9. The van der Waals surface area contributed by atoms with Crippen LogP contribution in [0, 0.1) is 0 Å². The molecular weight excluding hydrogens is 416 g/mol. The zero-order valence-electron chi connectivity index (χ0n) is 11.5. The highest BCUT2D eigenvalue weighted by Crippen LogP contribution is 2.31. The number of carbonyl (C=O) groups excluding carboxylic acids is 1. The number of aromatic hydroxyl groups is 1. The fourth-order valence-electron chi connectivity index (χ4n) is 1.65. The maximum atomic E-state index is 12.0. The molecule has 0 aromatic heterocycles. The summed E-state index contributed by atoms with van der Waals surface area (Å²) in [7, 11) is 1.59. The summed E-state index contributed by atoms with van der Waals surface area (Å²) in [5, 5.41) is 13.7. The predicted molar refractivity (Wildman–Crippen MR) is 91.6 cm³/mol. The molecule has 0 fully saturated rings. The number of hydrazone groups is 1. The summed E-state index contributed by atoms with van der Waals surface area (Å²) in [5.74, 6) is 0.0923. The summed E-state index contributed by atoms with van der Waals surface area (Å²) in [6, 6.07) is 10.4. The molecular formula is C15H12Br2N2O3. The Hall–Kier alpha value is -1.86. The maximum Gasteiger partial charge on any atom is 0.275 e. The van der Waals surface area contributed by atoms with Gasteiger partial charge in [0.25, 0.3) is 5.91 Å². The van der Waals surface area contributed by atoms with Crippen molar-refractivity contribution in [3.8, 4) is 11.5 Å². The number of halogens is 2. The first kappa shape index (κ1) is 16.5. The number of hydrogen-bond acceptors (Lipinski definition) is 4. The Kier molecular flexibility index (Phi) is 5.57. The summed E-state index contributed by atoms with van der Waals surface area (Å²) >= 11 is 6.44. The van der Waals surface area contributed by atoms with E-state index < -0.39 is 5.91 Å². The highest BCUT2D eigenvalue weighted by molar-refractivity contribution is 9.11. The van der Waals surface area contributed by atoms with Gasteiger partial charge in [-0.25, -0.2) is 5.43 Å². The van der Waals surface area contributed by atoms with Gasteiger partial charge in [-0.1, -0.05) is 15.9 Å². The third kappa shape index (κ3) is 4.08. The average Bonchev–Trinajstić information content (AvgIpc) is 2.51. The van der Waals surface area contributed by atoms with Crippen LogP contribution in [0.1, 0.15) is 15.9 Å². The first-order valence-electron chi connectivity index (χ1n) is 6.16. The predicted octanol–water partition coefficient (Wildman–Crippen LogP) is 3.69. The summed E-state index contributed by atoms with van der Waals surface area (Å²) in [5.41, 5.74) is 3.29. The molecule has 5 nitrogen and oxygen atoms in total.